The van der Waals surface area contributed by atoms with E-state index < -0.39 is 21.8 Å². The van der Waals surface area contributed by atoms with Crippen molar-refractivity contribution in [2.24, 2.45) is 0 Å². The lowest BCUT2D eigenvalue weighted by molar-refractivity contribution is -0.137. The van der Waals surface area contributed by atoms with Crippen LogP contribution in [-0.4, -0.2) is 53.9 Å². The van der Waals surface area contributed by atoms with E-state index in [1.54, 1.807) is 0 Å². The van der Waals surface area contributed by atoms with Gasteiger partial charge in [-0.05, 0) is 38.0 Å². The van der Waals surface area contributed by atoms with Crippen LogP contribution in [0.5, 0.6) is 0 Å². The maximum atomic E-state index is 12.9. The number of alkyl halides is 3. The maximum absolute atomic E-state index is 12.9. The van der Waals surface area contributed by atoms with E-state index in [1.807, 2.05) is 11.8 Å². The standard InChI is InChI=1S/C18H21F3N4O3S/c1-12(17-22-16(23-28-17)13-5-6-13)24-7-9-25(10-8-24)29(26,27)15-4-2-3-14(11-15)18(19,20)21/h2-4,11-13H,5-10H2,1H3. The average Bonchev–Trinajstić information content (AvgIpc) is 3.44. The van der Waals surface area contributed by atoms with E-state index in [4.69, 9.17) is 4.52 Å². The van der Waals surface area contributed by atoms with Crippen LogP contribution < -0.4 is 0 Å². The Morgan fingerprint density at radius 3 is 2.48 bits per heavy atom. The average molecular weight is 430 g/mol. The second-order valence-corrected chi connectivity index (χ2v) is 9.34. The number of benzene rings is 1. The van der Waals surface area contributed by atoms with Gasteiger partial charge >= 0.3 is 6.18 Å². The van der Waals surface area contributed by atoms with Crippen molar-refractivity contribution in [3.8, 4) is 0 Å². The summed E-state index contributed by atoms with van der Waals surface area (Å²) in [6, 6.07) is 3.69. The molecule has 2 aliphatic rings. The van der Waals surface area contributed by atoms with Gasteiger partial charge in [0.25, 0.3) is 0 Å². The molecule has 0 amide bonds. The molecule has 2 fully saturated rings. The third-order valence-electron chi connectivity index (χ3n) is 5.38. The predicted molar refractivity (Wildman–Crippen MR) is 96.5 cm³/mol. The van der Waals surface area contributed by atoms with E-state index in [0.717, 1.165) is 30.8 Å². The molecule has 29 heavy (non-hydrogen) atoms. The highest BCUT2D eigenvalue weighted by atomic mass is 32.2. The first kappa shape index (κ1) is 20.3. The van der Waals surface area contributed by atoms with Crippen LogP contribution in [0, 0.1) is 0 Å². The lowest BCUT2D eigenvalue weighted by Gasteiger charge is -2.36. The zero-order valence-corrected chi connectivity index (χ0v) is 16.6. The third-order valence-corrected chi connectivity index (χ3v) is 7.27. The second-order valence-electron chi connectivity index (χ2n) is 7.41. The molecule has 2 heterocycles. The normalized spacial score (nSPS) is 20.7. The number of nitrogens with zero attached hydrogens (tertiary/aromatic N) is 4. The summed E-state index contributed by atoms with van der Waals surface area (Å²) in [5, 5.41) is 4.01. The molecule has 0 radical (unpaired) electrons. The number of sulfonamides is 1. The molecule has 0 spiro atoms. The van der Waals surface area contributed by atoms with E-state index in [9.17, 15) is 21.6 Å². The third kappa shape index (κ3) is 4.17. The van der Waals surface area contributed by atoms with Crippen molar-refractivity contribution in [2.75, 3.05) is 26.2 Å². The SMILES string of the molecule is CC(c1nc(C2CC2)no1)N1CCN(S(=O)(=O)c2cccc(C(F)(F)F)c2)CC1. The van der Waals surface area contributed by atoms with Crippen LogP contribution in [0.4, 0.5) is 13.2 Å². The number of piperazine rings is 1. The Morgan fingerprint density at radius 1 is 1.17 bits per heavy atom. The highest BCUT2D eigenvalue weighted by molar-refractivity contribution is 7.89. The van der Waals surface area contributed by atoms with Gasteiger partial charge in [-0.25, -0.2) is 8.42 Å². The molecule has 158 valence electrons. The van der Waals surface area contributed by atoms with Gasteiger partial charge in [-0.3, -0.25) is 4.90 Å². The largest absolute Gasteiger partial charge is 0.416 e. The summed E-state index contributed by atoms with van der Waals surface area (Å²) in [6.07, 6.45) is -2.46. The summed E-state index contributed by atoms with van der Waals surface area (Å²) in [6.45, 7) is 3.10. The van der Waals surface area contributed by atoms with Crippen molar-refractivity contribution < 1.29 is 26.1 Å². The minimum Gasteiger partial charge on any atom is -0.338 e. The van der Waals surface area contributed by atoms with Crippen molar-refractivity contribution >= 4 is 10.0 Å². The van der Waals surface area contributed by atoms with Crippen molar-refractivity contribution in [1.82, 2.24) is 19.3 Å². The lowest BCUT2D eigenvalue weighted by Crippen LogP contribution is -2.49. The van der Waals surface area contributed by atoms with E-state index in [0.29, 0.717) is 31.0 Å². The van der Waals surface area contributed by atoms with Gasteiger partial charge in [-0.15, -0.1) is 0 Å². The monoisotopic (exact) mass is 430 g/mol. The first-order chi connectivity index (χ1) is 13.7. The number of aromatic nitrogens is 2. The minimum absolute atomic E-state index is 0.159. The van der Waals surface area contributed by atoms with Crippen LogP contribution in [0.15, 0.2) is 33.7 Å². The van der Waals surface area contributed by atoms with Crippen molar-refractivity contribution in [3.63, 3.8) is 0 Å². The van der Waals surface area contributed by atoms with Crippen molar-refractivity contribution in [1.29, 1.82) is 0 Å². The summed E-state index contributed by atoms with van der Waals surface area (Å²) >= 11 is 0. The van der Waals surface area contributed by atoms with Gasteiger partial charge in [-0.1, -0.05) is 11.2 Å². The van der Waals surface area contributed by atoms with Gasteiger partial charge in [-0.2, -0.15) is 22.5 Å². The van der Waals surface area contributed by atoms with Crippen LogP contribution in [0.25, 0.3) is 0 Å². The van der Waals surface area contributed by atoms with Gasteiger partial charge in [0.15, 0.2) is 5.82 Å². The molecule has 1 atom stereocenters. The number of hydrogen-bond acceptors (Lipinski definition) is 6. The van der Waals surface area contributed by atoms with Crippen molar-refractivity contribution in [3.05, 3.63) is 41.5 Å². The highest BCUT2D eigenvalue weighted by Crippen LogP contribution is 2.38. The first-order valence-corrected chi connectivity index (χ1v) is 10.9. The Bertz CT molecular complexity index is 980. The summed E-state index contributed by atoms with van der Waals surface area (Å²) in [4.78, 5) is 6.12. The molecule has 2 aromatic rings. The smallest absolute Gasteiger partial charge is 0.338 e. The molecular weight excluding hydrogens is 409 g/mol. The van der Waals surface area contributed by atoms with Crippen LogP contribution in [0.3, 0.4) is 0 Å². The minimum atomic E-state index is -4.59. The Balaban J connectivity index is 1.43. The predicted octanol–water partition coefficient (Wildman–Crippen LogP) is 3.03. The maximum Gasteiger partial charge on any atom is 0.416 e. The van der Waals surface area contributed by atoms with E-state index in [2.05, 4.69) is 10.1 Å². The second kappa shape index (κ2) is 7.37. The molecule has 1 saturated heterocycles. The summed E-state index contributed by atoms with van der Waals surface area (Å²) < 4.78 is 70.9. The Morgan fingerprint density at radius 2 is 1.86 bits per heavy atom. The van der Waals surface area contributed by atoms with Gasteiger partial charge in [0.05, 0.1) is 16.5 Å². The molecule has 1 aliphatic carbocycles. The van der Waals surface area contributed by atoms with Crippen LogP contribution in [0.1, 0.15) is 49.0 Å². The van der Waals surface area contributed by atoms with Crippen molar-refractivity contribution in [2.45, 2.75) is 42.8 Å². The first-order valence-electron chi connectivity index (χ1n) is 9.41. The topological polar surface area (TPSA) is 79.5 Å². The molecule has 7 nitrogen and oxygen atoms in total. The zero-order chi connectivity index (χ0) is 20.8. The van der Waals surface area contributed by atoms with E-state index in [1.165, 1.54) is 10.4 Å². The molecule has 11 heteroatoms. The number of hydrogen-bond donors (Lipinski definition) is 0. The van der Waals surface area contributed by atoms with E-state index in [-0.39, 0.29) is 24.0 Å². The van der Waals surface area contributed by atoms with Gasteiger partial charge in [0, 0.05) is 32.1 Å². The van der Waals surface area contributed by atoms with Gasteiger partial charge in [0.1, 0.15) is 0 Å². The molecule has 1 aromatic carbocycles. The Hall–Kier alpha value is -1.98. The van der Waals surface area contributed by atoms with Crippen LogP contribution >= 0.6 is 0 Å². The number of rotatable bonds is 5. The molecular formula is C18H21F3N4O3S. The molecule has 1 aliphatic heterocycles. The van der Waals surface area contributed by atoms with Crippen LogP contribution in [-0.2, 0) is 16.2 Å². The molecule has 1 saturated carbocycles. The summed E-state index contributed by atoms with van der Waals surface area (Å²) in [7, 11) is -4.00. The number of halogens is 3. The van der Waals surface area contributed by atoms with Gasteiger partial charge in [0.2, 0.25) is 15.9 Å². The molecule has 4 rings (SSSR count). The fourth-order valence-electron chi connectivity index (χ4n) is 3.39. The zero-order valence-electron chi connectivity index (χ0n) is 15.8. The van der Waals surface area contributed by atoms with Gasteiger partial charge < -0.3 is 4.52 Å². The summed E-state index contributed by atoms with van der Waals surface area (Å²) in [5.41, 5.74) is -0.978. The fraction of sp³-hybridized carbons (Fsp3) is 0.556. The highest BCUT2D eigenvalue weighted by Gasteiger charge is 2.35. The molecule has 1 aromatic heterocycles. The fourth-order valence-corrected chi connectivity index (χ4v) is 4.86. The van der Waals surface area contributed by atoms with E-state index >= 15 is 0 Å². The quantitative estimate of drug-likeness (QED) is 0.726. The summed E-state index contributed by atoms with van der Waals surface area (Å²) in [5.74, 6) is 1.60. The molecule has 0 bridgehead atoms. The lowest BCUT2D eigenvalue weighted by atomic mass is 10.2. The van der Waals surface area contributed by atoms with Crippen LogP contribution in [0.2, 0.25) is 0 Å². The molecule has 0 N–H and O–H groups in total. The Labute approximate surface area is 166 Å². The molecule has 1 unspecified atom stereocenters. The Kier molecular flexibility index (Phi) is 5.16.